The van der Waals surface area contributed by atoms with E-state index in [1.54, 1.807) is 0 Å². The highest BCUT2D eigenvalue weighted by Gasteiger charge is 2.22. The van der Waals surface area contributed by atoms with Crippen molar-refractivity contribution in [3.8, 4) is 0 Å². The van der Waals surface area contributed by atoms with Crippen molar-refractivity contribution >= 4 is 18.2 Å². The standard InChI is InChI=1S/C14H19NOS/c1-10-5-3-4-6-11(10)12-7-8-16-13(9-15-2)14(12)17/h3-6,13,15,17H,7-9H2,1-2H3. The van der Waals surface area contributed by atoms with Crippen LogP contribution in [0.3, 0.4) is 0 Å². The molecule has 0 aliphatic carbocycles. The number of rotatable bonds is 3. The van der Waals surface area contributed by atoms with E-state index in [0.717, 1.165) is 24.5 Å². The molecule has 3 heteroatoms. The highest BCUT2D eigenvalue weighted by Crippen LogP contribution is 2.33. The summed E-state index contributed by atoms with van der Waals surface area (Å²) in [6, 6.07) is 8.47. The van der Waals surface area contributed by atoms with Crippen LogP contribution in [0.25, 0.3) is 5.57 Å². The van der Waals surface area contributed by atoms with Crippen LogP contribution in [0.4, 0.5) is 0 Å². The van der Waals surface area contributed by atoms with Gasteiger partial charge in [0, 0.05) is 11.4 Å². The second-order valence-electron chi connectivity index (χ2n) is 4.35. The van der Waals surface area contributed by atoms with Gasteiger partial charge in [-0.15, -0.1) is 12.6 Å². The normalized spacial score (nSPS) is 20.8. The zero-order valence-corrected chi connectivity index (χ0v) is 11.3. The van der Waals surface area contributed by atoms with Crippen LogP contribution in [-0.2, 0) is 4.74 Å². The Morgan fingerprint density at radius 1 is 1.41 bits per heavy atom. The number of likely N-dealkylation sites (N-methyl/N-ethyl adjacent to an activating group) is 1. The fourth-order valence-electron chi connectivity index (χ4n) is 2.23. The third-order valence-corrected chi connectivity index (χ3v) is 3.70. The topological polar surface area (TPSA) is 21.3 Å². The Balaban J connectivity index is 2.36. The van der Waals surface area contributed by atoms with E-state index in [-0.39, 0.29) is 6.10 Å². The third kappa shape index (κ3) is 2.73. The van der Waals surface area contributed by atoms with Crippen LogP contribution in [0.5, 0.6) is 0 Å². The summed E-state index contributed by atoms with van der Waals surface area (Å²) in [6.45, 7) is 3.74. The van der Waals surface area contributed by atoms with Gasteiger partial charge in [-0.05, 0) is 37.1 Å². The van der Waals surface area contributed by atoms with Gasteiger partial charge in [-0.2, -0.15) is 0 Å². The minimum Gasteiger partial charge on any atom is -0.371 e. The lowest BCUT2D eigenvalue weighted by Crippen LogP contribution is -2.30. The molecule has 1 aromatic carbocycles. The first-order valence-electron chi connectivity index (χ1n) is 5.98. The van der Waals surface area contributed by atoms with Crippen molar-refractivity contribution in [2.45, 2.75) is 19.4 Å². The molecule has 1 heterocycles. The van der Waals surface area contributed by atoms with Crippen LogP contribution >= 0.6 is 12.6 Å². The summed E-state index contributed by atoms with van der Waals surface area (Å²) in [7, 11) is 1.94. The Hall–Kier alpha value is -0.770. The van der Waals surface area contributed by atoms with E-state index in [4.69, 9.17) is 4.74 Å². The van der Waals surface area contributed by atoms with Crippen molar-refractivity contribution in [2.24, 2.45) is 0 Å². The molecule has 1 unspecified atom stereocenters. The lowest BCUT2D eigenvalue weighted by Gasteiger charge is -2.27. The van der Waals surface area contributed by atoms with Crippen LogP contribution in [0, 0.1) is 6.92 Å². The Bertz CT molecular complexity index is 428. The van der Waals surface area contributed by atoms with E-state index in [1.807, 2.05) is 7.05 Å². The minimum atomic E-state index is 0.0895. The van der Waals surface area contributed by atoms with Crippen LogP contribution in [0.2, 0.25) is 0 Å². The quantitative estimate of drug-likeness (QED) is 0.804. The molecule has 1 N–H and O–H groups in total. The fraction of sp³-hybridized carbons (Fsp3) is 0.429. The van der Waals surface area contributed by atoms with Crippen LogP contribution in [0.1, 0.15) is 17.5 Å². The lowest BCUT2D eigenvalue weighted by atomic mass is 9.95. The first kappa shape index (κ1) is 12.7. The van der Waals surface area contributed by atoms with Gasteiger partial charge in [0.05, 0.1) is 6.61 Å². The van der Waals surface area contributed by atoms with E-state index >= 15 is 0 Å². The Kier molecular flexibility index (Phi) is 4.26. The Morgan fingerprint density at radius 3 is 2.88 bits per heavy atom. The molecule has 1 atom stereocenters. The molecule has 1 aromatic rings. The zero-order chi connectivity index (χ0) is 12.3. The summed E-state index contributed by atoms with van der Waals surface area (Å²) in [5.41, 5.74) is 3.94. The molecule has 0 aromatic heterocycles. The highest BCUT2D eigenvalue weighted by atomic mass is 32.1. The van der Waals surface area contributed by atoms with Crippen molar-refractivity contribution < 1.29 is 4.74 Å². The first-order valence-corrected chi connectivity index (χ1v) is 6.43. The second kappa shape index (κ2) is 5.71. The molecule has 1 aliphatic rings. The van der Waals surface area contributed by atoms with Crippen molar-refractivity contribution in [2.75, 3.05) is 20.2 Å². The van der Waals surface area contributed by atoms with E-state index < -0.39 is 0 Å². The minimum absolute atomic E-state index is 0.0895. The number of benzene rings is 1. The molecular formula is C14H19NOS. The molecule has 17 heavy (non-hydrogen) atoms. The molecular weight excluding hydrogens is 230 g/mol. The van der Waals surface area contributed by atoms with Crippen molar-refractivity contribution in [1.82, 2.24) is 5.32 Å². The summed E-state index contributed by atoms with van der Waals surface area (Å²) in [4.78, 5) is 1.07. The maximum Gasteiger partial charge on any atom is 0.101 e. The van der Waals surface area contributed by atoms with Crippen LogP contribution < -0.4 is 5.32 Å². The summed E-state index contributed by atoms with van der Waals surface area (Å²) in [5.74, 6) is 0. The van der Waals surface area contributed by atoms with Gasteiger partial charge in [0.1, 0.15) is 6.10 Å². The number of thiol groups is 1. The maximum absolute atomic E-state index is 5.73. The van der Waals surface area contributed by atoms with Crippen molar-refractivity contribution in [3.63, 3.8) is 0 Å². The van der Waals surface area contributed by atoms with Gasteiger partial charge in [-0.25, -0.2) is 0 Å². The molecule has 0 bridgehead atoms. The molecule has 92 valence electrons. The first-order chi connectivity index (χ1) is 8.24. The van der Waals surface area contributed by atoms with Gasteiger partial charge < -0.3 is 10.1 Å². The van der Waals surface area contributed by atoms with Gasteiger partial charge in [0.15, 0.2) is 0 Å². The molecule has 2 nitrogen and oxygen atoms in total. The van der Waals surface area contributed by atoms with E-state index in [2.05, 4.69) is 49.1 Å². The average Bonchev–Trinajstić information content (AvgIpc) is 2.33. The van der Waals surface area contributed by atoms with Crippen LogP contribution in [0.15, 0.2) is 29.2 Å². The van der Waals surface area contributed by atoms with Crippen molar-refractivity contribution in [3.05, 3.63) is 40.3 Å². The lowest BCUT2D eigenvalue weighted by molar-refractivity contribution is 0.0810. The average molecular weight is 249 g/mol. The fourth-order valence-corrected chi connectivity index (χ4v) is 2.63. The highest BCUT2D eigenvalue weighted by molar-refractivity contribution is 7.84. The van der Waals surface area contributed by atoms with Crippen molar-refractivity contribution in [1.29, 1.82) is 0 Å². The second-order valence-corrected chi connectivity index (χ2v) is 4.83. The SMILES string of the molecule is CNCC1OCCC(c2ccccc2C)=C1S. The predicted octanol–water partition coefficient (Wildman–Crippen LogP) is 2.64. The number of hydrogen-bond acceptors (Lipinski definition) is 3. The largest absolute Gasteiger partial charge is 0.371 e. The van der Waals surface area contributed by atoms with Gasteiger partial charge >= 0.3 is 0 Å². The zero-order valence-electron chi connectivity index (χ0n) is 10.4. The van der Waals surface area contributed by atoms with Gasteiger partial charge in [0.2, 0.25) is 0 Å². The molecule has 0 fully saturated rings. The maximum atomic E-state index is 5.73. The smallest absolute Gasteiger partial charge is 0.101 e. The molecule has 0 spiro atoms. The molecule has 0 saturated heterocycles. The predicted molar refractivity (Wildman–Crippen MR) is 75.4 cm³/mol. The summed E-state index contributed by atoms with van der Waals surface area (Å²) in [5, 5.41) is 3.15. The molecule has 0 saturated carbocycles. The van der Waals surface area contributed by atoms with Gasteiger partial charge in [0.25, 0.3) is 0 Å². The molecule has 1 aliphatic heterocycles. The molecule has 0 amide bonds. The number of hydrogen-bond donors (Lipinski definition) is 2. The van der Waals surface area contributed by atoms with E-state index in [1.165, 1.54) is 16.7 Å². The molecule has 2 rings (SSSR count). The van der Waals surface area contributed by atoms with E-state index in [9.17, 15) is 0 Å². The summed E-state index contributed by atoms with van der Waals surface area (Å²) >= 11 is 4.66. The number of aryl methyl sites for hydroxylation is 1. The van der Waals surface area contributed by atoms with Crippen LogP contribution in [-0.4, -0.2) is 26.3 Å². The Morgan fingerprint density at radius 2 is 2.18 bits per heavy atom. The summed E-state index contributed by atoms with van der Waals surface area (Å²) < 4.78 is 5.73. The molecule has 0 radical (unpaired) electrons. The van der Waals surface area contributed by atoms with Gasteiger partial charge in [-0.1, -0.05) is 24.3 Å². The Labute approximate surface area is 108 Å². The number of ether oxygens (including phenoxy) is 1. The third-order valence-electron chi connectivity index (χ3n) is 3.14. The van der Waals surface area contributed by atoms with Gasteiger partial charge in [-0.3, -0.25) is 0 Å². The monoisotopic (exact) mass is 249 g/mol. The van der Waals surface area contributed by atoms with E-state index in [0.29, 0.717) is 0 Å². The number of nitrogens with one attached hydrogen (secondary N) is 1. The summed E-state index contributed by atoms with van der Waals surface area (Å²) in [6.07, 6.45) is 1.04.